The van der Waals surface area contributed by atoms with Crippen LogP contribution in [0.3, 0.4) is 0 Å². The van der Waals surface area contributed by atoms with Crippen LogP contribution in [-0.2, 0) is 24.3 Å². The van der Waals surface area contributed by atoms with Crippen molar-refractivity contribution in [1.29, 1.82) is 0 Å². The molecule has 2 atom stereocenters. The lowest BCUT2D eigenvalue weighted by atomic mass is 10.2. The molecule has 0 saturated carbocycles. The molecular formula is C18H23F2NO6S. The number of benzene rings is 1. The fourth-order valence-electron chi connectivity index (χ4n) is 3.10. The number of aldehydes is 1. The van der Waals surface area contributed by atoms with E-state index >= 15 is 0 Å². The zero-order chi connectivity index (χ0) is 20.9. The van der Waals surface area contributed by atoms with E-state index < -0.39 is 50.4 Å². The van der Waals surface area contributed by atoms with Crippen molar-refractivity contribution >= 4 is 22.3 Å². The zero-order valence-corrected chi connectivity index (χ0v) is 16.5. The van der Waals surface area contributed by atoms with E-state index in [1.807, 2.05) is 0 Å². The maximum absolute atomic E-state index is 14.4. The van der Waals surface area contributed by atoms with Gasteiger partial charge in [-0.2, -0.15) is 8.70 Å². The Morgan fingerprint density at radius 2 is 2.11 bits per heavy atom. The number of hydrogen-bond donors (Lipinski definition) is 0. The van der Waals surface area contributed by atoms with E-state index in [1.54, 1.807) is 6.92 Å². The molecule has 1 aromatic rings. The van der Waals surface area contributed by atoms with Crippen molar-refractivity contribution in [3.8, 4) is 5.75 Å². The summed E-state index contributed by atoms with van der Waals surface area (Å²) in [6.07, 6.45) is 1.86. The van der Waals surface area contributed by atoms with E-state index in [0.29, 0.717) is 25.3 Å². The van der Waals surface area contributed by atoms with Crippen LogP contribution < -0.4 is 4.74 Å². The van der Waals surface area contributed by atoms with Gasteiger partial charge in [-0.3, -0.25) is 4.79 Å². The Labute approximate surface area is 162 Å². The summed E-state index contributed by atoms with van der Waals surface area (Å²) in [6.45, 7) is 1.62. The summed E-state index contributed by atoms with van der Waals surface area (Å²) in [5.41, 5.74) is 0. The smallest absolute Gasteiger partial charge is 0.324 e. The van der Waals surface area contributed by atoms with Crippen molar-refractivity contribution < 1.29 is 36.3 Å². The lowest BCUT2D eigenvalue weighted by Gasteiger charge is -2.24. The number of halogens is 2. The highest BCUT2D eigenvalue weighted by Crippen LogP contribution is 2.35. The van der Waals surface area contributed by atoms with E-state index in [1.165, 1.54) is 0 Å². The number of esters is 1. The van der Waals surface area contributed by atoms with E-state index in [4.69, 9.17) is 4.74 Å². The van der Waals surface area contributed by atoms with Crippen LogP contribution in [0.5, 0.6) is 5.75 Å². The molecule has 0 N–H and O–H groups in total. The lowest BCUT2D eigenvalue weighted by molar-refractivity contribution is -0.144. The molecular weight excluding hydrogens is 396 g/mol. The Bertz CT molecular complexity index is 830. The molecule has 0 aromatic heterocycles. The highest BCUT2D eigenvalue weighted by atomic mass is 32.2. The third-order valence-electron chi connectivity index (χ3n) is 4.53. The van der Waals surface area contributed by atoms with Gasteiger partial charge in [0.25, 0.3) is 0 Å². The molecule has 0 aliphatic carbocycles. The van der Waals surface area contributed by atoms with Gasteiger partial charge >= 0.3 is 5.97 Å². The fourth-order valence-corrected chi connectivity index (χ4v) is 4.86. The molecule has 2 rings (SSSR count). The first-order valence-corrected chi connectivity index (χ1v) is 10.4. The summed E-state index contributed by atoms with van der Waals surface area (Å²) >= 11 is 0. The van der Waals surface area contributed by atoms with Gasteiger partial charge in [0, 0.05) is 13.0 Å². The largest absolute Gasteiger partial charge is 0.486 e. The van der Waals surface area contributed by atoms with Crippen LogP contribution >= 0.6 is 0 Å². The van der Waals surface area contributed by atoms with Crippen molar-refractivity contribution in [2.45, 2.75) is 56.1 Å². The second kappa shape index (κ2) is 9.42. The monoisotopic (exact) mass is 419 g/mol. The minimum atomic E-state index is -4.34. The van der Waals surface area contributed by atoms with E-state index in [9.17, 15) is 26.8 Å². The van der Waals surface area contributed by atoms with E-state index in [2.05, 4.69) is 4.74 Å². The Balaban J connectivity index is 2.40. The Morgan fingerprint density at radius 3 is 2.75 bits per heavy atom. The first kappa shape index (κ1) is 22.2. The topological polar surface area (TPSA) is 90.0 Å². The van der Waals surface area contributed by atoms with Crippen LogP contribution in [0, 0.1) is 11.6 Å². The number of hydrogen-bond acceptors (Lipinski definition) is 6. The SMILES string of the molecule is COC(=O)[C@@H]1CCCN1S(=O)(=O)c1ccc(F)c(F)c1O[C@H](C)CCCC=O. The zero-order valence-electron chi connectivity index (χ0n) is 15.7. The molecule has 1 aromatic carbocycles. The summed E-state index contributed by atoms with van der Waals surface area (Å²) in [7, 11) is -3.19. The maximum Gasteiger partial charge on any atom is 0.324 e. The highest BCUT2D eigenvalue weighted by Gasteiger charge is 2.42. The summed E-state index contributed by atoms with van der Waals surface area (Å²) in [4.78, 5) is 21.8. The highest BCUT2D eigenvalue weighted by molar-refractivity contribution is 7.89. The van der Waals surface area contributed by atoms with Gasteiger partial charge in [0.2, 0.25) is 15.8 Å². The van der Waals surface area contributed by atoms with Gasteiger partial charge in [0.1, 0.15) is 17.2 Å². The number of unbranched alkanes of at least 4 members (excludes halogenated alkanes) is 1. The summed E-state index contributed by atoms with van der Waals surface area (Å²) in [6, 6.07) is 0.601. The maximum atomic E-state index is 14.4. The molecule has 0 amide bonds. The Morgan fingerprint density at radius 1 is 1.39 bits per heavy atom. The Hall–Kier alpha value is -2.07. The average Bonchev–Trinajstić information content (AvgIpc) is 3.15. The number of methoxy groups -OCH3 is 1. The van der Waals surface area contributed by atoms with E-state index in [-0.39, 0.29) is 19.4 Å². The van der Waals surface area contributed by atoms with Crippen LogP contribution in [0.25, 0.3) is 0 Å². The average molecular weight is 419 g/mol. The van der Waals surface area contributed by atoms with Gasteiger partial charge < -0.3 is 14.3 Å². The summed E-state index contributed by atoms with van der Waals surface area (Å²) < 4.78 is 65.4. The van der Waals surface area contributed by atoms with Crippen molar-refractivity contribution in [3.63, 3.8) is 0 Å². The molecule has 10 heteroatoms. The molecule has 7 nitrogen and oxygen atoms in total. The van der Waals surface area contributed by atoms with Crippen molar-refractivity contribution in [2.75, 3.05) is 13.7 Å². The van der Waals surface area contributed by atoms with Gasteiger partial charge in [-0.05, 0) is 44.7 Å². The number of carbonyl (C=O) groups is 2. The third kappa shape index (κ3) is 4.67. The molecule has 1 heterocycles. The summed E-state index contributed by atoms with van der Waals surface area (Å²) in [5, 5.41) is 0. The van der Waals surface area contributed by atoms with Crippen molar-refractivity contribution in [2.24, 2.45) is 0 Å². The van der Waals surface area contributed by atoms with Crippen LogP contribution in [-0.4, -0.2) is 50.8 Å². The molecule has 1 aliphatic rings. The normalized spacial score (nSPS) is 18.6. The molecule has 0 bridgehead atoms. The molecule has 156 valence electrons. The number of carbonyl (C=O) groups excluding carboxylic acids is 2. The minimum absolute atomic E-state index is 0.0510. The van der Waals surface area contributed by atoms with E-state index in [0.717, 1.165) is 23.8 Å². The predicted octanol–water partition coefficient (Wildman–Crippen LogP) is 2.43. The summed E-state index contributed by atoms with van der Waals surface area (Å²) in [5.74, 6) is -4.11. The molecule has 1 aliphatic heterocycles. The molecule has 1 fully saturated rings. The number of sulfonamides is 1. The van der Waals surface area contributed by atoms with Gasteiger partial charge in [-0.15, -0.1) is 0 Å². The third-order valence-corrected chi connectivity index (χ3v) is 6.46. The number of rotatable bonds is 9. The van der Waals surface area contributed by atoms with Crippen LogP contribution in [0.15, 0.2) is 17.0 Å². The van der Waals surface area contributed by atoms with Crippen LogP contribution in [0.4, 0.5) is 8.78 Å². The van der Waals surface area contributed by atoms with Crippen molar-refractivity contribution in [1.82, 2.24) is 4.31 Å². The predicted molar refractivity (Wildman–Crippen MR) is 95.3 cm³/mol. The standard InChI is InChI=1S/C18H23F2NO6S/c1-12(6-3-4-11-22)27-17-15(9-8-13(19)16(17)20)28(24,25)21-10-5-7-14(21)18(23)26-2/h8-9,11-12,14H,3-7,10H2,1-2H3/t12-,14+/m1/s1. The quantitative estimate of drug-likeness (QED) is 0.347. The van der Waals surface area contributed by atoms with Gasteiger partial charge in [0.15, 0.2) is 11.6 Å². The number of ether oxygens (including phenoxy) is 2. The van der Waals surface area contributed by atoms with Crippen LogP contribution in [0.2, 0.25) is 0 Å². The Kier molecular flexibility index (Phi) is 7.48. The second-order valence-electron chi connectivity index (χ2n) is 6.51. The number of nitrogens with zero attached hydrogens (tertiary/aromatic N) is 1. The molecule has 1 saturated heterocycles. The first-order chi connectivity index (χ1) is 13.2. The van der Waals surface area contributed by atoms with Crippen LogP contribution in [0.1, 0.15) is 39.0 Å². The minimum Gasteiger partial charge on any atom is -0.486 e. The molecule has 28 heavy (non-hydrogen) atoms. The van der Waals surface area contributed by atoms with Gasteiger partial charge in [0.05, 0.1) is 13.2 Å². The molecule has 0 unspecified atom stereocenters. The van der Waals surface area contributed by atoms with Gasteiger partial charge in [-0.1, -0.05) is 0 Å². The van der Waals surface area contributed by atoms with Crippen molar-refractivity contribution in [3.05, 3.63) is 23.8 Å². The first-order valence-electron chi connectivity index (χ1n) is 8.92. The second-order valence-corrected chi connectivity index (χ2v) is 8.37. The van der Waals surface area contributed by atoms with Gasteiger partial charge in [-0.25, -0.2) is 12.8 Å². The molecule has 0 spiro atoms. The molecule has 0 radical (unpaired) electrons. The lowest BCUT2D eigenvalue weighted by Crippen LogP contribution is -2.41. The fraction of sp³-hybridized carbons (Fsp3) is 0.556.